The smallest absolute Gasteiger partial charge is 0.177 e. The molecule has 1 spiro atoms. The normalized spacial score (nSPS) is 37.6. The molecule has 0 radical (unpaired) electrons. The minimum Gasteiger partial charge on any atom is -0.503 e. The molecule has 5 atom stereocenters. The zero-order valence-corrected chi connectivity index (χ0v) is 14.9. The van der Waals surface area contributed by atoms with Gasteiger partial charge in [-0.25, -0.2) is 0 Å². The molecule has 1 aromatic rings. The van der Waals surface area contributed by atoms with Crippen molar-refractivity contribution in [3.05, 3.63) is 33.9 Å². The Balaban J connectivity index is 1.90. The van der Waals surface area contributed by atoms with E-state index in [1.165, 1.54) is 6.92 Å². The minimum atomic E-state index is -0.738. The van der Waals surface area contributed by atoms with E-state index in [4.69, 9.17) is 16.3 Å². The van der Waals surface area contributed by atoms with Gasteiger partial charge in [0.25, 0.3) is 0 Å². The van der Waals surface area contributed by atoms with Gasteiger partial charge < -0.3 is 19.8 Å². The number of phenols is 1. The van der Waals surface area contributed by atoms with Crippen molar-refractivity contribution in [2.24, 2.45) is 5.92 Å². The Labute approximate surface area is 150 Å². The molecular formula is C19H20ClNO4. The molecular weight excluding hydrogens is 342 g/mol. The fraction of sp³-hybridized carbons (Fsp3) is 0.526. The average molecular weight is 362 g/mol. The topological polar surface area (TPSA) is 70.0 Å². The lowest BCUT2D eigenvalue weighted by molar-refractivity contribution is -0.0453. The molecule has 5 nitrogen and oxygen atoms in total. The predicted molar refractivity (Wildman–Crippen MR) is 92.6 cm³/mol. The summed E-state index contributed by atoms with van der Waals surface area (Å²) in [4.78, 5) is 14.6. The summed E-state index contributed by atoms with van der Waals surface area (Å²) in [6.45, 7) is 2.37. The molecule has 2 bridgehead atoms. The molecule has 0 aromatic heterocycles. The van der Waals surface area contributed by atoms with Crippen molar-refractivity contribution in [2.45, 2.75) is 43.4 Å². The van der Waals surface area contributed by atoms with Crippen LogP contribution in [0.25, 0.3) is 0 Å². The number of benzene rings is 1. The number of aliphatic hydroxyl groups excluding tert-OH is 1. The molecule has 25 heavy (non-hydrogen) atoms. The maximum atomic E-state index is 12.3. The molecule has 1 aromatic carbocycles. The first-order valence-corrected chi connectivity index (χ1v) is 9.07. The second-order valence-corrected chi connectivity index (χ2v) is 8.14. The van der Waals surface area contributed by atoms with Crippen LogP contribution in [0.15, 0.2) is 12.2 Å². The minimum absolute atomic E-state index is 0.0675. The lowest BCUT2D eigenvalue weighted by Gasteiger charge is -2.56. The lowest BCUT2D eigenvalue weighted by Crippen LogP contribution is -2.64. The Bertz CT molecular complexity index is 851. The van der Waals surface area contributed by atoms with E-state index < -0.39 is 17.6 Å². The molecule has 1 saturated heterocycles. The summed E-state index contributed by atoms with van der Waals surface area (Å²) >= 11 is 6.36. The van der Waals surface area contributed by atoms with E-state index in [1.54, 1.807) is 6.08 Å². The number of piperidine rings is 1. The summed E-state index contributed by atoms with van der Waals surface area (Å²) < 4.78 is 6.11. The van der Waals surface area contributed by atoms with Gasteiger partial charge in [-0.2, -0.15) is 0 Å². The first-order chi connectivity index (χ1) is 11.9. The largest absolute Gasteiger partial charge is 0.503 e. The van der Waals surface area contributed by atoms with E-state index in [0.717, 1.165) is 24.1 Å². The molecule has 6 heteroatoms. The van der Waals surface area contributed by atoms with Crippen LogP contribution in [0.2, 0.25) is 5.02 Å². The maximum Gasteiger partial charge on any atom is 0.177 e. The predicted octanol–water partition coefficient (Wildman–Crippen LogP) is 2.05. The van der Waals surface area contributed by atoms with Crippen molar-refractivity contribution in [3.63, 3.8) is 0 Å². The van der Waals surface area contributed by atoms with Crippen LogP contribution in [-0.2, 0) is 11.8 Å². The number of carbonyl (C=O) groups is 1. The lowest BCUT2D eigenvalue weighted by atomic mass is 9.53. The van der Waals surface area contributed by atoms with E-state index in [9.17, 15) is 15.0 Å². The van der Waals surface area contributed by atoms with Crippen LogP contribution in [0.1, 0.15) is 34.8 Å². The van der Waals surface area contributed by atoms with E-state index in [-0.39, 0.29) is 28.5 Å². The van der Waals surface area contributed by atoms with Crippen molar-refractivity contribution in [3.8, 4) is 11.5 Å². The first kappa shape index (κ1) is 15.7. The van der Waals surface area contributed by atoms with Crippen molar-refractivity contribution in [2.75, 3.05) is 13.6 Å². The van der Waals surface area contributed by atoms with E-state index in [0.29, 0.717) is 17.7 Å². The Kier molecular flexibility index (Phi) is 3.00. The van der Waals surface area contributed by atoms with Crippen LogP contribution < -0.4 is 4.74 Å². The van der Waals surface area contributed by atoms with Gasteiger partial charge in [0.2, 0.25) is 0 Å². The number of halogens is 1. The number of rotatable bonds is 1. The summed E-state index contributed by atoms with van der Waals surface area (Å²) in [5.41, 5.74) is 1.80. The molecule has 0 amide bonds. The number of hydrogen-bond donors (Lipinski definition) is 2. The Morgan fingerprint density at radius 1 is 1.44 bits per heavy atom. The highest BCUT2D eigenvalue weighted by atomic mass is 35.5. The van der Waals surface area contributed by atoms with Gasteiger partial charge in [0.15, 0.2) is 17.3 Å². The second kappa shape index (κ2) is 4.78. The highest BCUT2D eigenvalue weighted by Gasteiger charge is 2.65. The fourth-order valence-electron chi connectivity index (χ4n) is 5.72. The van der Waals surface area contributed by atoms with Crippen LogP contribution in [0.5, 0.6) is 11.5 Å². The van der Waals surface area contributed by atoms with Crippen LogP contribution in [-0.4, -0.2) is 52.7 Å². The number of carbonyl (C=O) groups excluding carboxylic acids is 1. The molecule has 132 valence electrons. The number of aliphatic hydroxyl groups is 1. The molecule has 4 aliphatic rings. The standard InChI is InChI=1S/C19H20ClNO4/c1-8(22)13-9-7-11-10-3-4-12(23)18-19(10,5-6-21(11)2)14(9)17(25-18)16(24)15(13)20/h3-4,10-12,18,23-24H,5-7H2,1-2H3/t10-,11+,12-,18-,19-/m0/s1. The van der Waals surface area contributed by atoms with Crippen LogP contribution in [0, 0.1) is 5.92 Å². The second-order valence-electron chi connectivity index (χ2n) is 7.76. The number of likely N-dealkylation sites (N-methyl/N-ethyl adjacent to an activating group) is 1. The molecule has 2 aliphatic carbocycles. The summed E-state index contributed by atoms with van der Waals surface area (Å²) in [6.07, 6.45) is 4.23. The van der Waals surface area contributed by atoms with E-state index in [1.807, 2.05) is 0 Å². The maximum absolute atomic E-state index is 12.3. The molecule has 1 fully saturated rings. The number of aromatic hydroxyl groups is 1. The summed E-state index contributed by atoms with van der Waals surface area (Å²) in [5, 5.41) is 21.3. The van der Waals surface area contributed by atoms with Gasteiger partial charge in [-0.1, -0.05) is 23.8 Å². The van der Waals surface area contributed by atoms with Crippen LogP contribution in [0.3, 0.4) is 0 Å². The number of hydrogen-bond acceptors (Lipinski definition) is 5. The number of ketones is 1. The fourth-order valence-corrected chi connectivity index (χ4v) is 6.05. The Morgan fingerprint density at radius 3 is 2.92 bits per heavy atom. The van der Waals surface area contributed by atoms with Gasteiger partial charge in [-0.15, -0.1) is 0 Å². The van der Waals surface area contributed by atoms with Crippen molar-refractivity contribution in [1.29, 1.82) is 0 Å². The third kappa shape index (κ3) is 1.65. The molecule has 0 unspecified atom stereocenters. The van der Waals surface area contributed by atoms with Gasteiger partial charge in [0.1, 0.15) is 12.2 Å². The SMILES string of the molecule is CC(=O)c1c(Cl)c(O)c2c3c1C[C@@H]1[C@@H]4C=C[C@H](O)[C@H](O2)[C@]34CCN1C. The van der Waals surface area contributed by atoms with Gasteiger partial charge >= 0.3 is 0 Å². The quantitative estimate of drug-likeness (QED) is 0.592. The summed E-state index contributed by atoms with van der Waals surface area (Å²) in [5.74, 6) is 0.237. The zero-order chi connectivity index (χ0) is 17.7. The third-order valence-corrected chi connectivity index (χ3v) is 7.10. The Morgan fingerprint density at radius 2 is 2.20 bits per heavy atom. The highest BCUT2D eigenvalue weighted by molar-refractivity contribution is 6.36. The van der Waals surface area contributed by atoms with Crippen molar-refractivity contribution >= 4 is 17.4 Å². The Hall–Kier alpha value is -1.56. The summed E-state index contributed by atoms with van der Waals surface area (Å²) in [6, 6.07) is 0.223. The number of ether oxygens (including phenoxy) is 1. The van der Waals surface area contributed by atoms with Crippen LogP contribution in [0.4, 0.5) is 0 Å². The monoisotopic (exact) mass is 361 g/mol. The average Bonchev–Trinajstić information content (AvgIpc) is 2.91. The molecule has 5 rings (SSSR count). The first-order valence-electron chi connectivity index (χ1n) is 8.70. The molecule has 2 heterocycles. The highest BCUT2D eigenvalue weighted by Crippen LogP contribution is 2.64. The van der Waals surface area contributed by atoms with E-state index >= 15 is 0 Å². The molecule has 2 aliphatic heterocycles. The molecule has 0 saturated carbocycles. The van der Waals surface area contributed by atoms with Crippen molar-refractivity contribution < 1.29 is 19.7 Å². The summed E-state index contributed by atoms with van der Waals surface area (Å²) in [7, 11) is 2.10. The molecule has 2 N–H and O–H groups in total. The van der Waals surface area contributed by atoms with Crippen molar-refractivity contribution in [1.82, 2.24) is 4.90 Å². The number of Topliss-reactive ketones (excluding diaryl/α,β-unsaturated/α-hetero) is 1. The van der Waals surface area contributed by atoms with E-state index in [2.05, 4.69) is 18.0 Å². The van der Waals surface area contributed by atoms with Gasteiger partial charge in [0.05, 0.1) is 5.02 Å². The van der Waals surface area contributed by atoms with Gasteiger partial charge in [-0.3, -0.25) is 4.79 Å². The number of likely N-dealkylation sites (tertiary alicyclic amines) is 1. The number of nitrogens with zero attached hydrogens (tertiary/aromatic N) is 1. The van der Waals surface area contributed by atoms with Gasteiger partial charge in [-0.05, 0) is 38.9 Å². The zero-order valence-electron chi connectivity index (χ0n) is 14.1. The van der Waals surface area contributed by atoms with Gasteiger partial charge in [0, 0.05) is 28.5 Å². The van der Waals surface area contributed by atoms with Crippen LogP contribution >= 0.6 is 11.6 Å². The number of phenolic OH excluding ortho intramolecular Hbond substituents is 1. The third-order valence-electron chi connectivity index (χ3n) is 6.74.